The van der Waals surface area contributed by atoms with Gasteiger partial charge in [0.1, 0.15) is 10.6 Å². The monoisotopic (exact) mass is 282 g/mol. The van der Waals surface area contributed by atoms with Crippen LogP contribution >= 0.6 is 11.3 Å². The summed E-state index contributed by atoms with van der Waals surface area (Å²) in [4.78, 5) is 6.32. The highest BCUT2D eigenvalue weighted by atomic mass is 32.1. The Kier molecular flexibility index (Phi) is 4.98. The van der Waals surface area contributed by atoms with E-state index in [0.29, 0.717) is 5.92 Å². The molecule has 108 valence electrons. The third kappa shape index (κ3) is 3.01. The molecule has 0 aliphatic heterocycles. The van der Waals surface area contributed by atoms with Gasteiger partial charge in [-0.25, -0.2) is 4.98 Å². The fourth-order valence-electron chi connectivity index (χ4n) is 2.92. The molecular formula is C15H26N2OS. The summed E-state index contributed by atoms with van der Waals surface area (Å²) >= 11 is 1.84. The van der Waals surface area contributed by atoms with Crippen molar-refractivity contribution >= 4 is 11.3 Å². The van der Waals surface area contributed by atoms with Crippen molar-refractivity contribution < 1.29 is 4.74 Å². The number of hydrogen-bond donors (Lipinski definition) is 1. The Hall–Kier alpha value is -0.450. The maximum Gasteiger partial charge on any atom is 0.125 e. The number of rotatable bonds is 5. The molecule has 0 spiro atoms. The van der Waals surface area contributed by atoms with Crippen LogP contribution in [0, 0.1) is 0 Å². The third-order valence-corrected chi connectivity index (χ3v) is 5.31. The van der Waals surface area contributed by atoms with Crippen molar-refractivity contribution in [2.45, 2.75) is 64.0 Å². The third-order valence-electron chi connectivity index (χ3n) is 4.05. The van der Waals surface area contributed by atoms with Crippen LogP contribution in [0.4, 0.5) is 0 Å². The van der Waals surface area contributed by atoms with Crippen molar-refractivity contribution in [3.05, 3.63) is 15.6 Å². The van der Waals surface area contributed by atoms with Crippen LogP contribution in [0.25, 0.3) is 0 Å². The van der Waals surface area contributed by atoms with Crippen molar-refractivity contribution in [1.82, 2.24) is 10.3 Å². The minimum absolute atomic E-state index is 0.113. The number of nitrogens with zero attached hydrogens (tertiary/aromatic N) is 1. The second-order valence-electron chi connectivity index (χ2n) is 5.77. The van der Waals surface area contributed by atoms with Gasteiger partial charge >= 0.3 is 0 Å². The summed E-state index contributed by atoms with van der Waals surface area (Å²) in [5, 5.41) is 4.45. The normalized spacial score (nSPS) is 19.0. The molecule has 0 saturated heterocycles. The van der Waals surface area contributed by atoms with E-state index in [4.69, 9.17) is 9.72 Å². The average Bonchev–Trinajstić information content (AvgIpc) is 2.85. The fraction of sp³-hybridized carbons (Fsp3) is 0.800. The summed E-state index contributed by atoms with van der Waals surface area (Å²) < 4.78 is 5.92. The van der Waals surface area contributed by atoms with E-state index in [9.17, 15) is 0 Å². The summed E-state index contributed by atoms with van der Waals surface area (Å²) in [7, 11) is 3.84. The van der Waals surface area contributed by atoms with Gasteiger partial charge in [-0.2, -0.15) is 0 Å². The second-order valence-corrected chi connectivity index (χ2v) is 6.86. The molecule has 1 heterocycles. The molecule has 0 unspecified atom stereocenters. The van der Waals surface area contributed by atoms with Gasteiger partial charge in [0.05, 0.1) is 5.69 Å². The molecule has 0 atom stereocenters. The highest BCUT2D eigenvalue weighted by molar-refractivity contribution is 7.11. The van der Waals surface area contributed by atoms with Crippen LogP contribution in [0.3, 0.4) is 0 Å². The quantitative estimate of drug-likeness (QED) is 0.892. The standard InChI is InChI=1S/C15H26N2OS/c1-11(2)13-12(10-16-3)19-14(17-13)15(18-4)8-6-5-7-9-15/h11,16H,5-10H2,1-4H3. The Labute approximate surface area is 120 Å². The van der Waals surface area contributed by atoms with Gasteiger partial charge in [-0.1, -0.05) is 33.1 Å². The second kappa shape index (κ2) is 6.33. The lowest BCUT2D eigenvalue weighted by molar-refractivity contribution is -0.0447. The summed E-state index contributed by atoms with van der Waals surface area (Å²) in [6.07, 6.45) is 6.08. The van der Waals surface area contributed by atoms with Gasteiger partial charge in [-0.15, -0.1) is 11.3 Å². The van der Waals surface area contributed by atoms with Crippen molar-refractivity contribution in [2.75, 3.05) is 14.2 Å². The van der Waals surface area contributed by atoms with Gasteiger partial charge in [-0.3, -0.25) is 0 Å². The molecule has 1 aromatic heterocycles. The van der Waals surface area contributed by atoms with Crippen LogP contribution in [-0.4, -0.2) is 19.1 Å². The Bertz CT molecular complexity index is 408. The zero-order chi connectivity index (χ0) is 13.9. The van der Waals surface area contributed by atoms with Crippen LogP contribution in [0.15, 0.2) is 0 Å². The van der Waals surface area contributed by atoms with E-state index in [1.165, 1.54) is 34.8 Å². The summed E-state index contributed by atoms with van der Waals surface area (Å²) in [6, 6.07) is 0. The number of thiazole rings is 1. The van der Waals surface area contributed by atoms with Gasteiger partial charge < -0.3 is 10.1 Å². The van der Waals surface area contributed by atoms with E-state index >= 15 is 0 Å². The van der Waals surface area contributed by atoms with Crippen LogP contribution in [-0.2, 0) is 16.9 Å². The number of aromatic nitrogens is 1. The van der Waals surface area contributed by atoms with Crippen molar-refractivity contribution in [3.63, 3.8) is 0 Å². The maximum atomic E-state index is 5.92. The Balaban J connectivity index is 2.35. The molecule has 0 amide bonds. The van der Waals surface area contributed by atoms with Gasteiger partial charge in [0, 0.05) is 18.5 Å². The number of methoxy groups -OCH3 is 1. The first-order valence-electron chi connectivity index (χ1n) is 7.33. The van der Waals surface area contributed by atoms with Gasteiger partial charge in [0.15, 0.2) is 0 Å². The van der Waals surface area contributed by atoms with Crippen LogP contribution in [0.5, 0.6) is 0 Å². The van der Waals surface area contributed by atoms with Crippen LogP contribution in [0.2, 0.25) is 0 Å². The molecule has 0 bridgehead atoms. The molecule has 1 saturated carbocycles. The predicted octanol–water partition coefficient (Wildman–Crippen LogP) is 3.79. The lowest BCUT2D eigenvalue weighted by Crippen LogP contribution is -2.31. The molecule has 2 rings (SSSR count). The highest BCUT2D eigenvalue weighted by Crippen LogP contribution is 2.43. The Morgan fingerprint density at radius 3 is 2.53 bits per heavy atom. The van der Waals surface area contributed by atoms with Crippen LogP contribution in [0.1, 0.15) is 67.4 Å². The molecule has 4 heteroatoms. The highest BCUT2D eigenvalue weighted by Gasteiger charge is 2.37. The molecule has 0 radical (unpaired) electrons. The molecule has 1 N–H and O–H groups in total. The van der Waals surface area contributed by atoms with E-state index in [2.05, 4.69) is 19.2 Å². The molecule has 0 aromatic carbocycles. The zero-order valence-electron chi connectivity index (χ0n) is 12.6. The van der Waals surface area contributed by atoms with Gasteiger partial charge in [-0.05, 0) is 25.8 Å². The Morgan fingerprint density at radius 1 is 1.32 bits per heavy atom. The van der Waals surface area contributed by atoms with Gasteiger partial charge in [0.25, 0.3) is 0 Å². The van der Waals surface area contributed by atoms with E-state index in [0.717, 1.165) is 19.4 Å². The lowest BCUT2D eigenvalue weighted by Gasteiger charge is -2.34. The van der Waals surface area contributed by atoms with E-state index in [-0.39, 0.29) is 5.60 Å². The molecule has 1 aromatic rings. The van der Waals surface area contributed by atoms with Crippen molar-refractivity contribution in [2.24, 2.45) is 0 Å². The smallest absolute Gasteiger partial charge is 0.125 e. The fourth-order valence-corrected chi connectivity index (χ4v) is 4.38. The van der Waals surface area contributed by atoms with E-state index in [1.807, 2.05) is 25.5 Å². The summed E-state index contributed by atoms with van der Waals surface area (Å²) in [6.45, 7) is 5.35. The largest absolute Gasteiger partial charge is 0.371 e. The summed E-state index contributed by atoms with van der Waals surface area (Å²) in [5.74, 6) is 0.478. The lowest BCUT2D eigenvalue weighted by atomic mass is 9.85. The first-order chi connectivity index (χ1) is 9.13. The first-order valence-corrected chi connectivity index (χ1v) is 8.14. The Morgan fingerprint density at radius 2 is 2.00 bits per heavy atom. The molecule has 19 heavy (non-hydrogen) atoms. The molecule has 1 aliphatic carbocycles. The minimum Gasteiger partial charge on any atom is -0.371 e. The van der Waals surface area contributed by atoms with Crippen LogP contribution < -0.4 is 5.32 Å². The van der Waals surface area contributed by atoms with E-state index in [1.54, 1.807) is 0 Å². The first kappa shape index (κ1) is 14.9. The SMILES string of the molecule is CNCc1sc(C2(OC)CCCCC2)nc1C(C)C. The van der Waals surface area contributed by atoms with Crippen molar-refractivity contribution in [1.29, 1.82) is 0 Å². The van der Waals surface area contributed by atoms with Crippen molar-refractivity contribution in [3.8, 4) is 0 Å². The number of ether oxygens (including phenoxy) is 1. The number of nitrogens with one attached hydrogen (secondary N) is 1. The zero-order valence-corrected chi connectivity index (χ0v) is 13.4. The predicted molar refractivity (Wildman–Crippen MR) is 80.7 cm³/mol. The minimum atomic E-state index is -0.113. The maximum absolute atomic E-state index is 5.92. The van der Waals surface area contributed by atoms with Gasteiger partial charge in [0.2, 0.25) is 0 Å². The summed E-state index contributed by atoms with van der Waals surface area (Å²) in [5.41, 5.74) is 1.13. The number of hydrogen-bond acceptors (Lipinski definition) is 4. The molecule has 3 nitrogen and oxygen atoms in total. The van der Waals surface area contributed by atoms with E-state index < -0.39 is 0 Å². The average molecular weight is 282 g/mol. The topological polar surface area (TPSA) is 34.1 Å². The molecular weight excluding hydrogens is 256 g/mol. The molecule has 1 aliphatic rings. The molecule has 1 fully saturated rings.